The highest BCUT2D eigenvalue weighted by molar-refractivity contribution is 5.66. The first kappa shape index (κ1) is 11.3. The molecule has 6 heteroatoms. The summed E-state index contributed by atoms with van der Waals surface area (Å²) in [7, 11) is 1.32. The van der Waals surface area contributed by atoms with Gasteiger partial charge >= 0.3 is 6.09 Å². The van der Waals surface area contributed by atoms with Crippen LogP contribution in [-0.2, 0) is 4.74 Å². The first-order chi connectivity index (χ1) is 8.31. The number of hydrogen-bond acceptors (Lipinski definition) is 4. The van der Waals surface area contributed by atoms with Crippen LogP contribution in [0.1, 0.15) is 11.8 Å². The standard InChI is InChI=1S/C11H13N3O3/c1-16-11(15)12-8-9(10-4-2-7-17-10)14-6-3-5-13-14/h2-7,9H,8H2,1H3,(H,12,15)/t9-/m0/s1. The van der Waals surface area contributed by atoms with Crippen molar-refractivity contribution < 1.29 is 13.9 Å². The number of furan rings is 1. The monoisotopic (exact) mass is 235 g/mol. The topological polar surface area (TPSA) is 69.3 Å². The molecule has 0 bridgehead atoms. The summed E-state index contributed by atoms with van der Waals surface area (Å²) in [6.45, 7) is 0.349. The Labute approximate surface area is 98.2 Å². The number of carbonyl (C=O) groups is 1. The van der Waals surface area contributed by atoms with Crippen LogP contribution in [0.25, 0.3) is 0 Å². The van der Waals surface area contributed by atoms with Crippen LogP contribution in [0.4, 0.5) is 4.79 Å². The van der Waals surface area contributed by atoms with Gasteiger partial charge in [0.15, 0.2) is 0 Å². The van der Waals surface area contributed by atoms with E-state index in [9.17, 15) is 4.79 Å². The first-order valence-corrected chi connectivity index (χ1v) is 5.15. The van der Waals surface area contributed by atoms with Crippen LogP contribution >= 0.6 is 0 Å². The summed E-state index contributed by atoms with van der Waals surface area (Å²) >= 11 is 0. The van der Waals surface area contributed by atoms with Gasteiger partial charge in [-0.15, -0.1) is 0 Å². The van der Waals surface area contributed by atoms with Crippen LogP contribution in [0.15, 0.2) is 41.3 Å². The van der Waals surface area contributed by atoms with Gasteiger partial charge in [-0.05, 0) is 18.2 Å². The van der Waals surface area contributed by atoms with Gasteiger partial charge in [-0.3, -0.25) is 4.68 Å². The van der Waals surface area contributed by atoms with Gasteiger partial charge in [-0.2, -0.15) is 5.10 Å². The zero-order valence-electron chi connectivity index (χ0n) is 9.37. The molecule has 1 atom stereocenters. The maximum atomic E-state index is 11.1. The highest BCUT2D eigenvalue weighted by Crippen LogP contribution is 2.16. The van der Waals surface area contributed by atoms with Gasteiger partial charge in [-0.25, -0.2) is 4.79 Å². The fraction of sp³-hybridized carbons (Fsp3) is 0.273. The van der Waals surface area contributed by atoms with Gasteiger partial charge < -0.3 is 14.5 Å². The molecule has 0 unspecified atom stereocenters. The molecule has 0 radical (unpaired) electrons. The van der Waals surface area contributed by atoms with Crippen LogP contribution in [0.5, 0.6) is 0 Å². The molecule has 0 aliphatic rings. The third-order valence-corrected chi connectivity index (χ3v) is 2.34. The molecular formula is C11H13N3O3. The van der Waals surface area contributed by atoms with Crippen molar-refractivity contribution in [3.8, 4) is 0 Å². The number of carbonyl (C=O) groups excluding carboxylic acids is 1. The third kappa shape index (κ3) is 2.66. The minimum atomic E-state index is -0.478. The number of alkyl carbamates (subject to hydrolysis) is 1. The van der Waals surface area contributed by atoms with Crippen molar-refractivity contribution in [1.29, 1.82) is 0 Å². The fourth-order valence-electron chi connectivity index (χ4n) is 1.52. The largest absolute Gasteiger partial charge is 0.467 e. The summed E-state index contributed by atoms with van der Waals surface area (Å²) < 4.78 is 11.6. The van der Waals surface area contributed by atoms with Crippen LogP contribution in [0.2, 0.25) is 0 Å². The van der Waals surface area contributed by atoms with E-state index < -0.39 is 6.09 Å². The lowest BCUT2D eigenvalue weighted by Crippen LogP contribution is -2.31. The number of aromatic nitrogens is 2. The van der Waals surface area contributed by atoms with Gasteiger partial charge in [0, 0.05) is 12.4 Å². The first-order valence-electron chi connectivity index (χ1n) is 5.15. The molecule has 6 nitrogen and oxygen atoms in total. The average Bonchev–Trinajstić information content (AvgIpc) is 3.01. The van der Waals surface area contributed by atoms with Gasteiger partial charge in [0.1, 0.15) is 11.8 Å². The summed E-state index contributed by atoms with van der Waals surface area (Å²) in [5, 5.41) is 6.77. The third-order valence-electron chi connectivity index (χ3n) is 2.34. The number of methoxy groups -OCH3 is 1. The second-order valence-corrected chi connectivity index (χ2v) is 3.39. The molecule has 17 heavy (non-hydrogen) atoms. The van der Waals surface area contributed by atoms with Crippen molar-refractivity contribution in [1.82, 2.24) is 15.1 Å². The summed E-state index contributed by atoms with van der Waals surface area (Å²) in [4.78, 5) is 11.1. The number of nitrogens with zero attached hydrogens (tertiary/aromatic N) is 2. The Morgan fingerprint density at radius 2 is 2.53 bits per heavy atom. The SMILES string of the molecule is COC(=O)NC[C@@H](c1ccco1)n1cccn1. The van der Waals surface area contributed by atoms with E-state index in [4.69, 9.17) is 4.42 Å². The molecule has 2 aromatic rings. The van der Waals surface area contributed by atoms with Crippen LogP contribution in [0.3, 0.4) is 0 Å². The minimum absolute atomic E-state index is 0.181. The maximum Gasteiger partial charge on any atom is 0.406 e. The van der Waals surface area contributed by atoms with E-state index in [2.05, 4.69) is 15.2 Å². The Morgan fingerprint density at radius 1 is 1.65 bits per heavy atom. The van der Waals surface area contributed by atoms with E-state index in [1.54, 1.807) is 23.2 Å². The zero-order valence-corrected chi connectivity index (χ0v) is 9.37. The zero-order chi connectivity index (χ0) is 12.1. The van der Waals surface area contributed by atoms with Crippen molar-refractivity contribution >= 4 is 6.09 Å². The number of nitrogens with one attached hydrogen (secondary N) is 1. The Kier molecular flexibility index (Phi) is 3.44. The second kappa shape index (κ2) is 5.20. The van der Waals surface area contributed by atoms with E-state index in [0.717, 1.165) is 5.76 Å². The fourth-order valence-corrected chi connectivity index (χ4v) is 1.52. The van der Waals surface area contributed by atoms with Crippen molar-refractivity contribution in [2.24, 2.45) is 0 Å². The summed E-state index contributed by atoms with van der Waals surface area (Å²) in [6, 6.07) is 5.27. The number of amides is 1. The van der Waals surface area contributed by atoms with E-state index in [1.807, 2.05) is 18.3 Å². The lowest BCUT2D eigenvalue weighted by atomic mass is 10.2. The summed E-state index contributed by atoms with van der Waals surface area (Å²) in [5.74, 6) is 0.727. The molecule has 0 spiro atoms. The highest BCUT2D eigenvalue weighted by Gasteiger charge is 2.17. The molecule has 0 saturated carbocycles. The Bertz CT molecular complexity index is 416. The van der Waals surface area contributed by atoms with Crippen molar-refractivity contribution in [2.45, 2.75) is 6.04 Å². The van der Waals surface area contributed by atoms with Crippen LogP contribution in [-0.4, -0.2) is 29.5 Å². The normalized spacial score (nSPS) is 12.1. The van der Waals surface area contributed by atoms with Gasteiger partial charge in [0.25, 0.3) is 0 Å². The predicted octanol–water partition coefficient (Wildman–Crippen LogP) is 1.42. The Hall–Kier alpha value is -2.24. The predicted molar refractivity (Wildman–Crippen MR) is 59.5 cm³/mol. The Balaban J connectivity index is 2.11. The molecule has 90 valence electrons. The lowest BCUT2D eigenvalue weighted by molar-refractivity contribution is 0.169. The van der Waals surface area contributed by atoms with E-state index in [-0.39, 0.29) is 6.04 Å². The highest BCUT2D eigenvalue weighted by atomic mass is 16.5. The summed E-state index contributed by atoms with van der Waals surface area (Å²) in [5.41, 5.74) is 0. The van der Waals surface area contributed by atoms with Gasteiger partial charge in [0.05, 0.1) is 19.9 Å². The molecule has 0 fully saturated rings. The van der Waals surface area contributed by atoms with E-state index in [0.29, 0.717) is 6.54 Å². The summed E-state index contributed by atoms with van der Waals surface area (Å²) in [6.07, 6.45) is 4.60. The van der Waals surface area contributed by atoms with Crippen LogP contribution in [0, 0.1) is 0 Å². The molecule has 0 aromatic carbocycles. The van der Waals surface area contributed by atoms with E-state index >= 15 is 0 Å². The smallest absolute Gasteiger partial charge is 0.406 e. The quantitative estimate of drug-likeness (QED) is 0.870. The van der Waals surface area contributed by atoms with Gasteiger partial charge in [0.2, 0.25) is 0 Å². The number of ether oxygens (including phenoxy) is 1. The molecule has 0 aliphatic carbocycles. The van der Waals surface area contributed by atoms with Gasteiger partial charge in [-0.1, -0.05) is 0 Å². The molecular weight excluding hydrogens is 222 g/mol. The molecule has 0 saturated heterocycles. The molecule has 2 rings (SSSR count). The lowest BCUT2D eigenvalue weighted by Gasteiger charge is -2.15. The second-order valence-electron chi connectivity index (χ2n) is 3.39. The van der Waals surface area contributed by atoms with Crippen molar-refractivity contribution in [3.05, 3.63) is 42.6 Å². The van der Waals surface area contributed by atoms with Crippen LogP contribution < -0.4 is 5.32 Å². The number of hydrogen-bond donors (Lipinski definition) is 1. The number of rotatable bonds is 4. The molecule has 2 aromatic heterocycles. The van der Waals surface area contributed by atoms with Crippen molar-refractivity contribution in [3.63, 3.8) is 0 Å². The molecule has 2 heterocycles. The maximum absolute atomic E-state index is 11.1. The minimum Gasteiger partial charge on any atom is -0.467 e. The molecule has 1 N–H and O–H groups in total. The molecule has 1 amide bonds. The van der Waals surface area contributed by atoms with E-state index in [1.165, 1.54) is 7.11 Å². The average molecular weight is 235 g/mol. The van der Waals surface area contributed by atoms with Crippen molar-refractivity contribution in [2.75, 3.05) is 13.7 Å². The molecule has 0 aliphatic heterocycles. The Morgan fingerprint density at radius 3 is 3.12 bits per heavy atom.